The summed E-state index contributed by atoms with van der Waals surface area (Å²) < 4.78 is 31.0. The monoisotopic (exact) mass is 527 g/mol. The Morgan fingerprint density at radius 1 is 1.34 bits per heavy atom. The van der Waals surface area contributed by atoms with Gasteiger partial charge in [0.25, 0.3) is 0 Å². The lowest BCUT2D eigenvalue weighted by Gasteiger charge is -2.25. The number of alkyl halides is 1. The van der Waals surface area contributed by atoms with E-state index in [4.69, 9.17) is 0 Å². The van der Waals surface area contributed by atoms with E-state index in [2.05, 4.69) is 37.9 Å². The second-order valence-electron chi connectivity index (χ2n) is 7.19. The van der Waals surface area contributed by atoms with Crippen molar-refractivity contribution in [1.29, 1.82) is 0 Å². The topological polar surface area (TPSA) is 63.1 Å². The van der Waals surface area contributed by atoms with Gasteiger partial charge in [-0.15, -0.1) is 11.3 Å². The van der Waals surface area contributed by atoms with Crippen molar-refractivity contribution in [3.05, 3.63) is 61.9 Å². The fourth-order valence-corrected chi connectivity index (χ4v) is 5.26. The molecule has 0 fully saturated rings. The predicted molar refractivity (Wildman–Crippen MR) is 113 cm³/mol. The molecule has 1 aromatic carbocycles. The van der Waals surface area contributed by atoms with Crippen LogP contribution >= 0.6 is 33.9 Å². The molecule has 0 saturated heterocycles. The minimum absolute atomic E-state index is 0.226. The minimum atomic E-state index is -0.982. The zero-order chi connectivity index (χ0) is 20.1. The lowest BCUT2D eigenvalue weighted by Crippen LogP contribution is -2.35. The van der Waals surface area contributed by atoms with Gasteiger partial charge in [-0.3, -0.25) is 9.69 Å². The molecule has 10 heteroatoms. The first kappa shape index (κ1) is 19.1. The molecule has 2 atom stereocenters. The van der Waals surface area contributed by atoms with Gasteiger partial charge in [0, 0.05) is 45.9 Å². The van der Waals surface area contributed by atoms with Gasteiger partial charge < -0.3 is 9.88 Å². The van der Waals surface area contributed by atoms with Crippen molar-refractivity contribution in [2.45, 2.75) is 38.3 Å². The summed E-state index contributed by atoms with van der Waals surface area (Å²) in [6.45, 7) is 0.958. The van der Waals surface area contributed by atoms with Crippen molar-refractivity contribution >= 4 is 45.0 Å². The number of amides is 1. The van der Waals surface area contributed by atoms with Gasteiger partial charge in [-0.25, -0.2) is 18.7 Å². The summed E-state index contributed by atoms with van der Waals surface area (Å²) in [5.74, 6) is -0.570. The second kappa shape index (κ2) is 7.40. The maximum Gasteiger partial charge on any atom is 0.249 e. The fourth-order valence-electron chi connectivity index (χ4n) is 4.08. The van der Waals surface area contributed by atoms with Crippen LogP contribution in [0.15, 0.2) is 30.0 Å². The molecule has 6 nitrogen and oxygen atoms in total. The van der Waals surface area contributed by atoms with E-state index in [0.717, 1.165) is 14.8 Å². The van der Waals surface area contributed by atoms with Gasteiger partial charge in [0.2, 0.25) is 5.91 Å². The molecule has 1 unspecified atom stereocenters. The summed E-state index contributed by atoms with van der Waals surface area (Å²) in [5.41, 5.74) is 2.71. The Bertz CT molecular complexity index is 1090. The third-order valence-corrected chi connectivity index (χ3v) is 6.62. The Labute approximate surface area is 183 Å². The molecular formula is C19H16F2IN5OS. The van der Waals surface area contributed by atoms with Crippen molar-refractivity contribution < 1.29 is 13.6 Å². The maximum absolute atomic E-state index is 14.5. The molecule has 5 rings (SSSR count). The van der Waals surface area contributed by atoms with E-state index in [1.807, 2.05) is 11.0 Å². The van der Waals surface area contributed by atoms with Crippen molar-refractivity contribution in [2.75, 3.05) is 5.32 Å². The van der Waals surface area contributed by atoms with Crippen molar-refractivity contribution in [1.82, 2.24) is 19.4 Å². The average Bonchev–Trinajstić information content (AvgIpc) is 3.41. The van der Waals surface area contributed by atoms with E-state index in [1.54, 1.807) is 22.5 Å². The Kier molecular flexibility index (Phi) is 4.87. The first-order chi connectivity index (χ1) is 14.0. The van der Waals surface area contributed by atoms with E-state index in [1.165, 1.54) is 17.4 Å². The number of carbonyl (C=O) groups is 1. The number of hydrogen-bond acceptors (Lipinski definition) is 5. The molecule has 1 amide bonds. The summed E-state index contributed by atoms with van der Waals surface area (Å²) in [7, 11) is 0. The van der Waals surface area contributed by atoms with Crippen LogP contribution < -0.4 is 5.32 Å². The van der Waals surface area contributed by atoms with Gasteiger partial charge >= 0.3 is 0 Å². The number of anilines is 1. The van der Waals surface area contributed by atoms with Crippen LogP contribution in [0.2, 0.25) is 0 Å². The molecule has 0 bridgehead atoms. The van der Waals surface area contributed by atoms with Crippen LogP contribution in [0.4, 0.5) is 13.9 Å². The number of aromatic nitrogens is 3. The number of imidazole rings is 1. The number of nitrogens with one attached hydrogen (secondary N) is 1. The van der Waals surface area contributed by atoms with Crippen molar-refractivity contribution in [3.8, 4) is 0 Å². The van der Waals surface area contributed by atoms with Gasteiger partial charge in [0.1, 0.15) is 18.0 Å². The van der Waals surface area contributed by atoms with Crippen LogP contribution in [0.1, 0.15) is 28.6 Å². The Morgan fingerprint density at radius 2 is 2.21 bits per heavy atom. The zero-order valence-electron chi connectivity index (χ0n) is 15.1. The molecule has 0 aliphatic carbocycles. The molecule has 0 saturated carbocycles. The van der Waals surface area contributed by atoms with E-state index in [0.29, 0.717) is 29.5 Å². The van der Waals surface area contributed by atoms with Crippen LogP contribution in [0.5, 0.6) is 0 Å². The second-order valence-corrected chi connectivity index (χ2v) is 9.33. The van der Waals surface area contributed by atoms with Crippen molar-refractivity contribution in [3.63, 3.8) is 0 Å². The van der Waals surface area contributed by atoms with Gasteiger partial charge in [-0.05, 0) is 40.3 Å². The predicted octanol–water partition coefficient (Wildman–Crippen LogP) is 3.67. The number of halogens is 3. The number of thiazole rings is 1. The molecule has 2 aliphatic heterocycles. The quantitative estimate of drug-likeness (QED) is 0.527. The smallest absolute Gasteiger partial charge is 0.249 e. The molecule has 3 aromatic rings. The Morgan fingerprint density at radius 3 is 3.00 bits per heavy atom. The number of rotatable bonds is 4. The molecule has 0 spiro atoms. The number of hydrogen-bond donors (Lipinski definition) is 1. The normalized spacial score (nSPS) is 19.2. The highest BCUT2D eigenvalue weighted by atomic mass is 127. The highest BCUT2D eigenvalue weighted by Crippen LogP contribution is 2.36. The molecule has 29 heavy (non-hydrogen) atoms. The van der Waals surface area contributed by atoms with Crippen molar-refractivity contribution in [2.24, 2.45) is 0 Å². The molecule has 0 radical (unpaired) electrons. The Hall–Kier alpha value is -1.92. The Balaban J connectivity index is 1.51. The zero-order valence-corrected chi connectivity index (χ0v) is 18.1. The summed E-state index contributed by atoms with van der Waals surface area (Å²) >= 11 is 3.40. The summed E-state index contributed by atoms with van der Waals surface area (Å²) in [4.78, 5) is 23.7. The average molecular weight is 527 g/mol. The van der Waals surface area contributed by atoms with Gasteiger partial charge in [-0.2, -0.15) is 0 Å². The number of benzene rings is 1. The highest BCUT2D eigenvalue weighted by Gasteiger charge is 2.39. The molecule has 2 aliphatic rings. The summed E-state index contributed by atoms with van der Waals surface area (Å²) in [5, 5.41) is 5.09. The van der Waals surface area contributed by atoms with Crippen LogP contribution in [0.25, 0.3) is 0 Å². The lowest BCUT2D eigenvalue weighted by molar-refractivity contribution is -0.122. The lowest BCUT2D eigenvalue weighted by atomic mass is 10.1. The molecule has 1 N–H and O–H groups in total. The van der Waals surface area contributed by atoms with E-state index < -0.39 is 12.2 Å². The molecule has 4 heterocycles. The maximum atomic E-state index is 14.5. The van der Waals surface area contributed by atoms with E-state index in [9.17, 15) is 13.6 Å². The minimum Gasteiger partial charge on any atom is -0.331 e. The highest BCUT2D eigenvalue weighted by molar-refractivity contribution is 14.1. The van der Waals surface area contributed by atoms with Crippen LogP contribution in [-0.2, 0) is 30.8 Å². The largest absolute Gasteiger partial charge is 0.331 e. The van der Waals surface area contributed by atoms with Crippen LogP contribution in [0.3, 0.4) is 0 Å². The van der Waals surface area contributed by atoms with Gasteiger partial charge in [0.15, 0.2) is 5.13 Å². The number of carbonyl (C=O) groups excluding carboxylic acids is 1. The van der Waals surface area contributed by atoms with Gasteiger partial charge in [0.05, 0.1) is 18.6 Å². The van der Waals surface area contributed by atoms with E-state index >= 15 is 0 Å². The first-order valence-electron chi connectivity index (χ1n) is 9.08. The third-order valence-electron chi connectivity index (χ3n) is 5.31. The van der Waals surface area contributed by atoms with Gasteiger partial charge in [-0.1, -0.05) is 0 Å². The SMILES string of the molecule is O=C(Nc1nccs1)C(c1ncn2c1C[C@@H](F)C2)N1Cc2cc(I)cc(F)c2C1. The molecule has 2 aromatic heterocycles. The van der Waals surface area contributed by atoms with Crippen LogP contribution in [0, 0.1) is 9.39 Å². The summed E-state index contributed by atoms with van der Waals surface area (Å²) in [6, 6.07) is 2.67. The third kappa shape index (κ3) is 3.46. The molecular weight excluding hydrogens is 511 g/mol. The fraction of sp³-hybridized carbons (Fsp3) is 0.316. The number of fused-ring (bicyclic) bond motifs is 2. The first-order valence-corrected chi connectivity index (χ1v) is 11.0. The van der Waals surface area contributed by atoms with Crippen LogP contribution in [-0.4, -0.2) is 31.5 Å². The summed E-state index contributed by atoms with van der Waals surface area (Å²) in [6.07, 6.45) is 2.44. The number of nitrogens with zero attached hydrogens (tertiary/aromatic N) is 4. The molecule has 150 valence electrons. The van der Waals surface area contributed by atoms with E-state index in [-0.39, 0.29) is 24.7 Å². The standard InChI is InChI=1S/C19H16F2IN5OS/c20-11-4-15-16(24-9-27(15)7-11)17(18(28)25-19-23-1-2-29-19)26-6-10-3-12(22)5-14(21)13(10)8-26/h1-3,5,9,11,17H,4,6-8H2,(H,23,25,28)/t11-,17?/m1/s1.